The number of rotatable bonds is 6. The van der Waals surface area contributed by atoms with Crippen molar-refractivity contribution < 1.29 is 9.53 Å². The lowest BCUT2D eigenvalue weighted by Crippen LogP contribution is -2.15. The average Bonchev–Trinajstić information content (AvgIpc) is 2.66. The van der Waals surface area contributed by atoms with Gasteiger partial charge in [0.15, 0.2) is 0 Å². The summed E-state index contributed by atoms with van der Waals surface area (Å²) in [4.78, 5) is 21.1. The molecule has 0 aliphatic heterocycles. The normalized spacial score (nSPS) is 10.6. The Morgan fingerprint density at radius 2 is 1.79 bits per heavy atom. The van der Waals surface area contributed by atoms with E-state index >= 15 is 0 Å². The molecule has 2 N–H and O–H groups in total. The topological polar surface area (TPSA) is 76.1 Å². The molecule has 0 saturated heterocycles. The van der Waals surface area contributed by atoms with Crippen LogP contribution in [0, 0.1) is 13.8 Å². The predicted molar refractivity (Wildman–Crippen MR) is 111 cm³/mol. The van der Waals surface area contributed by atoms with Gasteiger partial charge in [0.25, 0.3) is 5.91 Å². The number of hydrogen-bond acceptors (Lipinski definition) is 5. The van der Waals surface area contributed by atoms with E-state index in [2.05, 4.69) is 20.6 Å². The van der Waals surface area contributed by atoms with E-state index in [1.807, 2.05) is 58.0 Å². The van der Waals surface area contributed by atoms with E-state index in [4.69, 9.17) is 4.74 Å². The Labute approximate surface area is 165 Å². The van der Waals surface area contributed by atoms with E-state index in [1.165, 1.54) is 0 Å². The molecule has 0 bridgehead atoms. The van der Waals surface area contributed by atoms with Gasteiger partial charge in [0, 0.05) is 17.6 Å². The lowest BCUT2D eigenvalue weighted by molar-refractivity contribution is 0.102. The molecule has 0 radical (unpaired) electrons. The molecule has 2 aromatic carbocycles. The minimum absolute atomic E-state index is 0.101. The van der Waals surface area contributed by atoms with E-state index in [1.54, 1.807) is 24.4 Å². The lowest BCUT2D eigenvalue weighted by Gasteiger charge is -2.11. The third-order valence-corrected chi connectivity index (χ3v) is 4.01. The fraction of sp³-hybridized carbons (Fsp3) is 0.227. The zero-order chi connectivity index (χ0) is 20.1. The van der Waals surface area contributed by atoms with Crippen LogP contribution in [0.3, 0.4) is 0 Å². The quantitative estimate of drug-likeness (QED) is 0.641. The standard InChI is InChI=1S/C22H24N4O2/c1-14(2)28-18-9-7-17(8-10-18)24-21(27)19-11-12-23-22(25-19)26-20-13-15(3)5-6-16(20)4/h5-14H,1-4H3,(H,24,27)(H,23,25,26). The van der Waals surface area contributed by atoms with Crippen molar-refractivity contribution in [3.63, 3.8) is 0 Å². The number of carbonyl (C=O) groups is 1. The number of nitrogens with one attached hydrogen (secondary N) is 2. The van der Waals surface area contributed by atoms with Crippen LogP contribution in [0.15, 0.2) is 54.7 Å². The largest absolute Gasteiger partial charge is 0.491 e. The average molecular weight is 376 g/mol. The van der Waals surface area contributed by atoms with Crippen LogP contribution in [0.2, 0.25) is 0 Å². The molecule has 0 unspecified atom stereocenters. The van der Waals surface area contributed by atoms with E-state index in [-0.39, 0.29) is 17.7 Å². The molecule has 0 fully saturated rings. The van der Waals surface area contributed by atoms with Crippen molar-refractivity contribution in [2.45, 2.75) is 33.8 Å². The fourth-order valence-electron chi connectivity index (χ4n) is 2.62. The number of ether oxygens (including phenoxy) is 1. The van der Waals surface area contributed by atoms with Crippen LogP contribution < -0.4 is 15.4 Å². The van der Waals surface area contributed by atoms with Gasteiger partial charge in [-0.2, -0.15) is 0 Å². The van der Waals surface area contributed by atoms with E-state index < -0.39 is 0 Å². The van der Waals surface area contributed by atoms with E-state index in [0.29, 0.717) is 11.6 Å². The van der Waals surface area contributed by atoms with Gasteiger partial charge in [-0.3, -0.25) is 4.79 Å². The number of benzene rings is 2. The second kappa shape index (κ2) is 8.52. The first-order valence-electron chi connectivity index (χ1n) is 9.16. The van der Waals surface area contributed by atoms with Crippen LogP contribution in [-0.4, -0.2) is 22.0 Å². The Morgan fingerprint density at radius 3 is 2.50 bits per heavy atom. The van der Waals surface area contributed by atoms with Crippen molar-refractivity contribution in [1.82, 2.24) is 9.97 Å². The van der Waals surface area contributed by atoms with Crippen molar-refractivity contribution >= 4 is 23.2 Å². The molecule has 144 valence electrons. The Balaban J connectivity index is 1.70. The van der Waals surface area contributed by atoms with Crippen molar-refractivity contribution in [3.05, 3.63) is 71.5 Å². The van der Waals surface area contributed by atoms with Crippen LogP contribution >= 0.6 is 0 Å². The van der Waals surface area contributed by atoms with Gasteiger partial charge in [-0.05, 0) is 75.2 Å². The first-order valence-corrected chi connectivity index (χ1v) is 9.16. The summed E-state index contributed by atoms with van der Waals surface area (Å²) in [5, 5.41) is 6.02. The van der Waals surface area contributed by atoms with Gasteiger partial charge >= 0.3 is 0 Å². The number of anilines is 3. The van der Waals surface area contributed by atoms with Crippen LogP contribution in [0.5, 0.6) is 5.75 Å². The molecule has 6 heteroatoms. The van der Waals surface area contributed by atoms with Crippen molar-refractivity contribution in [2.75, 3.05) is 10.6 Å². The Kier molecular flexibility index (Phi) is 5.89. The first-order chi connectivity index (χ1) is 13.4. The second-order valence-corrected chi connectivity index (χ2v) is 6.85. The van der Waals surface area contributed by atoms with Gasteiger partial charge in [0.2, 0.25) is 5.95 Å². The van der Waals surface area contributed by atoms with Crippen LogP contribution in [0.1, 0.15) is 35.5 Å². The summed E-state index contributed by atoms with van der Waals surface area (Å²) in [5.74, 6) is 0.834. The summed E-state index contributed by atoms with van der Waals surface area (Å²) in [6, 6.07) is 14.9. The van der Waals surface area contributed by atoms with Crippen LogP contribution in [0.4, 0.5) is 17.3 Å². The van der Waals surface area contributed by atoms with Crippen LogP contribution in [0.25, 0.3) is 0 Å². The molecule has 0 spiro atoms. The molecule has 0 atom stereocenters. The van der Waals surface area contributed by atoms with Gasteiger partial charge < -0.3 is 15.4 Å². The highest BCUT2D eigenvalue weighted by Crippen LogP contribution is 2.20. The molecular weight excluding hydrogens is 352 g/mol. The molecule has 6 nitrogen and oxygen atoms in total. The monoisotopic (exact) mass is 376 g/mol. The maximum absolute atomic E-state index is 12.5. The first kappa shape index (κ1) is 19.4. The molecule has 1 aromatic heterocycles. The molecule has 0 aliphatic carbocycles. The molecule has 3 rings (SSSR count). The smallest absolute Gasteiger partial charge is 0.274 e. The van der Waals surface area contributed by atoms with Gasteiger partial charge in [-0.15, -0.1) is 0 Å². The number of amides is 1. The molecule has 28 heavy (non-hydrogen) atoms. The molecule has 1 heterocycles. The molecular formula is C22H24N4O2. The number of hydrogen-bond donors (Lipinski definition) is 2. The van der Waals surface area contributed by atoms with E-state index in [0.717, 1.165) is 22.6 Å². The SMILES string of the molecule is Cc1ccc(C)c(Nc2nccc(C(=O)Nc3ccc(OC(C)C)cc3)n2)c1. The number of carbonyl (C=O) groups excluding carboxylic acids is 1. The summed E-state index contributed by atoms with van der Waals surface area (Å²) in [5.41, 5.74) is 4.08. The summed E-state index contributed by atoms with van der Waals surface area (Å²) >= 11 is 0. The van der Waals surface area contributed by atoms with Gasteiger partial charge in [-0.25, -0.2) is 9.97 Å². The summed E-state index contributed by atoms with van der Waals surface area (Å²) in [7, 11) is 0. The highest BCUT2D eigenvalue weighted by molar-refractivity contribution is 6.03. The highest BCUT2D eigenvalue weighted by Gasteiger charge is 2.10. The number of aromatic nitrogens is 2. The molecule has 0 saturated carbocycles. The third-order valence-electron chi connectivity index (χ3n) is 4.01. The second-order valence-electron chi connectivity index (χ2n) is 6.85. The minimum atomic E-state index is -0.302. The van der Waals surface area contributed by atoms with Crippen molar-refractivity contribution in [1.29, 1.82) is 0 Å². The minimum Gasteiger partial charge on any atom is -0.491 e. The van der Waals surface area contributed by atoms with Gasteiger partial charge in [0.1, 0.15) is 11.4 Å². The fourth-order valence-corrected chi connectivity index (χ4v) is 2.62. The third kappa shape index (κ3) is 5.07. The maximum Gasteiger partial charge on any atom is 0.274 e. The molecule has 0 aliphatic rings. The zero-order valence-corrected chi connectivity index (χ0v) is 16.5. The van der Waals surface area contributed by atoms with Crippen molar-refractivity contribution in [3.8, 4) is 5.75 Å². The van der Waals surface area contributed by atoms with Gasteiger partial charge in [-0.1, -0.05) is 12.1 Å². The predicted octanol–water partition coefficient (Wildman–Crippen LogP) is 4.88. The summed E-state index contributed by atoms with van der Waals surface area (Å²) < 4.78 is 5.61. The zero-order valence-electron chi connectivity index (χ0n) is 16.5. The number of aryl methyl sites for hydroxylation is 2. The van der Waals surface area contributed by atoms with E-state index in [9.17, 15) is 4.79 Å². The number of nitrogens with zero attached hydrogens (tertiary/aromatic N) is 2. The Morgan fingerprint density at radius 1 is 1.04 bits per heavy atom. The maximum atomic E-state index is 12.5. The highest BCUT2D eigenvalue weighted by atomic mass is 16.5. The van der Waals surface area contributed by atoms with Gasteiger partial charge in [0.05, 0.1) is 6.10 Å². The molecule has 1 amide bonds. The summed E-state index contributed by atoms with van der Waals surface area (Å²) in [6.07, 6.45) is 1.67. The van der Waals surface area contributed by atoms with Crippen LogP contribution in [-0.2, 0) is 0 Å². The lowest BCUT2D eigenvalue weighted by atomic mass is 10.1. The Bertz CT molecular complexity index is 969. The summed E-state index contributed by atoms with van der Waals surface area (Å²) in [6.45, 7) is 7.96. The Hall–Kier alpha value is -3.41. The molecule has 3 aromatic rings. The van der Waals surface area contributed by atoms with Crippen molar-refractivity contribution in [2.24, 2.45) is 0 Å².